The van der Waals surface area contributed by atoms with Crippen LogP contribution in [0.5, 0.6) is 0 Å². The third-order valence-corrected chi connectivity index (χ3v) is 3.82. The summed E-state index contributed by atoms with van der Waals surface area (Å²) in [4.78, 5) is 11.3. The van der Waals surface area contributed by atoms with Crippen LogP contribution in [0.15, 0.2) is 0 Å². The number of hydrogen-bond donors (Lipinski definition) is 2. The SMILES string of the molecule is CC(C)OC(=O)NS(=O)(=O)N(C)CC1CNCCO1. The molecule has 1 atom stereocenters. The van der Waals surface area contributed by atoms with E-state index in [2.05, 4.69) is 5.32 Å². The maximum Gasteiger partial charge on any atom is 0.422 e. The number of rotatable bonds is 5. The fourth-order valence-electron chi connectivity index (χ4n) is 1.54. The molecule has 0 bridgehead atoms. The number of ether oxygens (including phenoxy) is 2. The predicted octanol–water partition coefficient (Wildman–Crippen LogP) is -0.714. The normalized spacial score (nSPS) is 20.6. The number of morpholine rings is 1. The molecule has 0 radical (unpaired) electrons. The van der Waals surface area contributed by atoms with E-state index in [9.17, 15) is 13.2 Å². The van der Waals surface area contributed by atoms with E-state index in [0.29, 0.717) is 13.2 Å². The van der Waals surface area contributed by atoms with Crippen molar-refractivity contribution in [2.75, 3.05) is 33.3 Å². The van der Waals surface area contributed by atoms with E-state index in [1.54, 1.807) is 13.8 Å². The third-order valence-electron chi connectivity index (χ3n) is 2.43. The molecule has 19 heavy (non-hydrogen) atoms. The van der Waals surface area contributed by atoms with Gasteiger partial charge in [-0.1, -0.05) is 0 Å². The quantitative estimate of drug-likeness (QED) is 0.695. The van der Waals surface area contributed by atoms with Gasteiger partial charge in [-0.05, 0) is 13.8 Å². The minimum Gasteiger partial charge on any atom is -0.446 e. The zero-order valence-electron chi connectivity index (χ0n) is 11.4. The van der Waals surface area contributed by atoms with Gasteiger partial charge in [0.25, 0.3) is 0 Å². The van der Waals surface area contributed by atoms with Crippen molar-refractivity contribution in [2.24, 2.45) is 0 Å². The summed E-state index contributed by atoms with van der Waals surface area (Å²) in [6, 6.07) is 0. The molecule has 1 unspecified atom stereocenters. The Hall–Kier alpha value is -0.900. The molecule has 1 fully saturated rings. The summed E-state index contributed by atoms with van der Waals surface area (Å²) in [6.07, 6.45) is -1.59. The van der Waals surface area contributed by atoms with Gasteiger partial charge < -0.3 is 14.8 Å². The summed E-state index contributed by atoms with van der Waals surface area (Å²) in [5.41, 5.74) is 0. The lowest BCUT2D eigenvalue weighted by Crippen LogP contribution is -2.49. The molecule has 1 amide bonds. The van der Waals surface area contributed by atoms with Crippen molar-refractivity contribution in [3.63, 3.8) is 0 Å². The van der Waals surface area contributed by atoms with Crippen molar-refractivity contribution in [3.05, 3.63) is 0 Å². The summed E-state index contributed by atoms with van der Waals surface area (Å²) in [5.74, 6) is 0. The highest BCUT2D eigenvalue weighted by Crippen LogP contribution is 2.03. The minimum absolute atomic E-state index is 0.164. The lowest BCUT2D eigenvalue weighted by molar-refractivity contribution is 0.0204. The van der Waals surface area contributed by atoms with Crippen molar-refractivity contribution in [1.29, 1.82) is 0 Å². The first-order valence-electron chi connectivity index (χ1n) is 6.08. The van der Waals surface area contributed by atoms with Crippen LogP contribution in [0.1, 0.15) is 13.8 Å². The number of carbonyl (C=O) groups is 1. The Balaban J connectivity index is 2.48. The summed E-state index contributed by atoms with van der Waals surface area (Å²) < 4.78 is 36.7. The first-order chi connectivity index (χ1) is 8.81. The van der Waals surface area contributed by atoms with E-state index < -0.39 is 16.3 Å². The van der Waals surface area contributed by atoms with Crippen LogP contribution in [0.2, 0.25) is 0 Å². The van der Waals surface area contributed by atoms with Gasteiger partial charge >= 0.3 is 16.3 Å². The molecule has 0 saturated carbocycles. The minimum atomic E-state index is -3.90. The molecule has 1 aliphatic heterocycles. The summed E-state index contributed by atoms with van der Waals surface area (Å²) in [6.45, 7) is 5.32. The van der Waals surface area contributed by atoms with Crippen molar-refractivity contribution < 1.29 is 22.7 Å². The fraction of sp³-hybridized carbons (Fsp3) is 0.900. The first-order valence-corrected chi connectivity index (χ1v) is 7.52. The molecular weight excluding hydrogens is 274 g/mol. The van der Waals surface area contributed by atoms with Crippen LogP contribution < -0.4 is 10.0 Å². The van der Waals surface area contributed by atoms with E-state index in [-0.39, 0.29) is 18.8 Å². The van der Waals surface area contributed by atoms with Crippen LogP contribution in [0.4, 0.5) is 4.79 Å². The highest BCUT2D eigenvalue weighted by Gasteiger charge is 2.25. The van der Waals surface area contributed by atoms with Gasteiger partial charge in [-0.15, -0.1) is 0 Å². The second-order valence-corrected chi connectivity index (χ2v) is 6.32. The first kappa shape index (κ1) is 16.2. The summed E-state index contributed by atoms with van der Waals surface area (Å²) in [7, 11) is -2.53. The Labute approximate surface area is 113 Å². The van der Waals surface area contributed by atoms with Crippen molar-refractivity contribution in [3.8, 4) is 0 Å². The standard InChI is InChI=1S/C10H21N3O5S/c1-8(2)18-10(14)12-19(15,16)13(3)7-9-6-11-4-5-17-9/h8-9,11H,4-7H2,1-3H3,(H,12,14). The molecule has 2 N–H and O–H groups in total. The van der Waals surface area contributed by atoms with Crippen molar-refractivity contribution >= 4 is 16.3 Å². The smallest absolute Gasteiger partial charge is 0.422 e. The number of nitrogens with one attached hydrogen (secondary N) is 2. The number of hydrogen-bond acceptors (Lipinski definition) is 6. The van der Waals surface area contributed by atoms with Crippen LogP contribution in [-0.2, 0) is 19.7 Å². The van der Waals surface area contributed by atoms with Crippen LogP contribution in [-0.4, -0.2) is 64.3 Å². The number of carbonyl (C=O) groups excluding carboxylic acids is 1. The molecule has 9 heteroatoms. The predicted molar refractivity (Wildman–Crippen MR) is 68.9 cm³/mol. The molecule has 0 aromatic carbocycles. The molecule has 1 heterocycles. The molecule has 0 aliphatic carbocycles. The molecular formula is C10H21N3O5S. The molecule has 112 valence electrons. The van der Waals surface area contributed by atoms with Crippen LogP contribution >= 0.6 is 0 Å². The van der Waals surface area contributed by atoms with Crippen LogP contribution in [0, 0.1) is 0 Å². The Kier molecular flexibility index (Phi) is 5.98. The highest BCUT2D eigenvalue weighted by molar-refractivity contribution is 7.87. The maximum absolute atomic E-state index is 11.8. The van der Waals surface area contributed by atoms with Gasteiger partial charge in [0.1, 0.15) is 0 Å². The molecule has 1 saturated heterocycles. The molecule has 0 aromatic rings. The van der Waals surface area contributed by atoms with E-state index in [0.717, 1.165) is 10.8 Å². The van der Waals surface area contributed by atoms with E-state index in [1.807, 2.05) is 4.72 Å². The zero-order valence-corrected chi connectivity index (χ0v) is 12.2. The lowest BCUT2D eigenvalue weighted by Gasteiger charge is -2.27. The number of likely N-dealkylation sites (N-methyl/N-ethyl adjacent to an activating group) is 1. The molecule has 0 spiro atoms. The van der Waals surface area contributed by atoms with Gasteiger partial charge in [0, 0.05) is 26.7 Å². The van der Waals surface area contributed by atoms with E-state index in [4.69, 9.17) is 9.47 Å². The van der Waals surface area contributed by atoms with Crippen molar-refractivity contribution in [1.82, 2.24) is 14.3 Å². The van der Waals surface area contributed by atoms with E-state index >= 15 is 0 Å². The molecule has 8 nitrogen and oxygen atoms in total. The summed E-state index contributed by atoms with van der Waals surface area (Å²) in [5, 5.41) is 3.10. The monoisotopic (exact) mass is 295 g/mol. The molecule has 1 rings (SSSR count). The van der Waals surface area contributed by atoms with Gasteiger partial charge in [0.05, 0.1) is 18.8 Å². The average Bonchev–Trinajstić information content (AvgIpc) is 2.28. The molecule has 0 aromatic heterocycles. The van der Waals surface area contributed by atoms with Crippen molar-refractivity contribution in [2.45, 2.75) is 26.1 Å². The Morgan fingerprint density at radius 1 is 1.58 bits per heavy atom. The summed E-state index contributed by atoms with van der Waals surface area (Å²) >= 11 is 0. The fourth-order valence-corrected chi connectivity index (χ4v) is 2.32. The second kappa shape index (κ2) is 7.04. The number of nitrogens with zero attached hydrogens (tertiary/aromatic N) is 1. The Bertz CT molecular complexity index is 392. The van der Waals surface area contributed by atoms with Gasteiger partial charge in [0.15, 0.2) is 0 Å². The van der Waals surface area contributed by atoms with Gasteiger partial charge in [-0.3, -0.25) is 0 Å². The van der Waals surface area contributed by atoms with Gasteiger partial charge in [-0.2, -0.15) is 12.7 Å². The second-order valence-electron chi connectivity index (χ2n) is 4.54. The Morgan fingerprint density at radius 2 is 2.26 bits per heavy atom. The van der Waals surface area contributed by atoms with E-state index in [1.165, 1.54) is 7.05 Å². The number of amides is 1. The largest absolute Gasteiger partial charge is 0.446 e. The maximum atomic E-state index is 11.8. The van der Waals surface area contributed by atoms with Crippen LogP contribution in [0.3, 0.4) is 0 Å². The van der Waals surface area contributed by atoms with Gasteiger partial charge in [-0.25, -0.2) is 9.52 Å². The van der Waals surface area contributed by atoms with Crippen LogP contribution in [0.25, 0.3) is 0 Å². The lowest BCUT2D eigenvalue weighted by atomic mass is 10.3. The third kappa shape index (κ3) is 5.72. The van der Waals surface area contributed by atoms with Gasteiger partial charge in [0.2, 0.25) is 0 Å². The Morgan fingerprint density at radius 3 is 2.79 bits per heavy atom. The molecule has 1 aliphatic rings. The topological polar surface area (TPSA) is 97.0 Å². The highest BCUT2D eigenvalue weighted by atomic mass is 32.2. The average molecular weight is 295 g/mol. The zero-order chi connectivity index (χ0) is 14.5.